The first-order valence-electron chi connectivity index (χ1n) is 6.29. The first-order chi connectivity index (χ1) is 11.0. The van der Waals surface area contributed by atoms with E-state index >= 15 is 0 Å². The highest BCUT2D eigenvalue weighted by molar-refractivity contribution is 5.90. The van der Waals surface area contributed by atoms with Crippen molar-refractivity contribution in [3.8, 4) is 5.75 Å². The van der Waals surface area contributed by atoms with E-state index in [0.717, 1.165) is 41.2 Å². The zero-order valence-electron chi connectivity index (χ0n) is 11.6. The summed E-state index contributed by atoms with van der Waals surface area (Å²) in [4.78, 5) is 11.7. The number of aromatic nitrogens is 2. The molecular formula is C13H9F6N3O2. The topological polar surface area (TPSA) is 56.2 Å². The standard InChI is InChI=1S/C13H9F6N3O2/c14-12(15,16)10-5-6-22(21-10)7-11(23)20-8-1-3-9(4-2-8)24-13(17,18)19/h1-6H,7H2,(H,20,23). The van der Waals surface area contributed by atoms with Crippen LogP contribution in [0.1, 0.15) is 5.69 Å². The van der Waals surface area contributed by atoms with E-state index in [9.17, 15) is 31.1 Å². The van der Waals surface area contributed by atoms with Crippen LogP contribution in [0, 0.1) is 0 Å². The normalized spacial score (nSPS) is 12.1. The Labute approximate surface area is 130 Å². The summed E-state index contributed by atoms with van der Waals surface area (Å²) in [6.07, 6.45) is -8.46. The van der Waals surface area contributed by atoms with Crippen molar-refractivity contribution >= 4 is 11.6 Å². The minimum absolute atomic E-state index is 0.151. The fraction of sp³-hybridized carbons (Fsp3) is 0.231. The van der Waals surface area contributed by atoms with Crippen LogP contribution in [0.3, 0.4) is 0 Å². The number of anilines is 1. The molecule has 0 atom stereocenters. The minimum atomic E-state index is -4.83. The Balaban J connectivity index is 1.94. The maximum absolute atomic E-state index is 12.4. The van der Waals surface area contributed by atoms with Crippen molar-refractivity contribution in [1.29, 1.82) is 0 Å². The Morgan fingerprint density at radius 2 is 1.71 bits per heavy atom. The number of alkyl halides is 6. The lowest BCUT2D eigenvalue weighted by Crippen LogP contribution is -2.20. The highest BCUT2D eigenvalue weighted by atomic mass is 19.4. The SMILES string of the molecule is O=C(Cn1ccc(C(F)(F)F)n1)Nc1ccc(OC(F)(F)F)cc1. The van der Waals surface area contributed by atoms with E-state index in [1.54, 1.807) is 0 Å². The summed E-state index contributed by atoms with van der Waals surface area (Å²) in [7, 11) is 0. The number of amides is 1. The Hall–Kier alpha value is -2.72. The average Bonchev–Trinajstić information content (AvgIpc) is 2.87. The quantitative estimate of drug-likeness (QED) is 0.857. The number of benzene rings is 1. The van der Waals surface area contributed by atoms with Crippen molar-refractivity contribution in [2.75, 3.05) is 5.32 Å². The van der Waals surface area contributed by atoms with E-state index < -0.39 is 36.4 Å². The summed E-state index contributed by atoms with van der Waals surface area (Å²) in [5.74, 6) is -1.17. The molecule has 0 bridgehead atoms. The van der Waals surface area contributed by atoms with Gasteiger partial charge in [-0.3, -0.25) is 9.48 Å². The van der Waals surface area contributed by atoms with Crippen molar-refractivity contribution in [3.05, 3.63) is 42.2 Å². The van der Waals surface area contributed by atoms with Gasteiger partial charge in [-0.2, -0.15) is 18.3 Å². The maximum Gasteiger partial charge on any atom is 0.573 e. The van der Waals surface area contributed by atoms with Gasteiger partial charge >= 0.3 is 12.5 Å². The first kappa shape index (κ1) is 17.6. The van der Waals surface area contributed by atoms with Crippen LogP contribution < -0.4 is 10.1 Å². The summed E-state index contributed by atoms with van der Waals surface area (Å²) in [6, 6.07) is 5.00. The minimum Gasteiger partial charge on any atom is -0.406 e. The van der Waals surface area contributed by atoms with Gasteiger partial charge in [0.15, 0.2) is 5.69 Å². The molecule has 1 heterocycles. The van der Waals surface area contributed by atoms with E-state index in [4.69, 9.17) is 0 Å². The lowest BCUT2D eigenvalue weighted by atomic mass is 10.3. The predicted molar refractivity (Wildman–Crippen MR) is 69.0 cm³/mol. The van der Waals surface area contributed by atoms with Crippen molar-refractivity contribution in [2.45, 2.75) is 19.1 Å². The smallest absolute Gasteiger partial charge is 0.406 e. The largest absolute Gasteiger partial charge is 0.573 e. The molecule has 2 rings (SSSR count). The Kier molecular flexibility index (Phi) is 4.71. The van der Waals surface area contributed by atoms with Crippen LogP contribution in [0.4, 0.5) is 32.0 Å². The van der Waals surface area contributed by atoms with Crippen LogP contribution in [0.25, 0.3) is 0 Å². The van der Waals surface area contributed by atoms with Crippen LogP contribution in [-0.2, 0) is 17.5 Å². The van der Waals surface area contributed by atoms with E-state index in [1.165, 1.54) is 0 Å². The number of ether oxygens (including phenoxy) is 1. The molecular weight excluding hydrogens is 344 g/mol. The molecule has 0 saturated heterocycles. The molecule has 24 heavy (non-hydrogen) atoms. The lowest BCUT2D eigenvalue weighted by molar-refractivity contribution is -0.274. The number of nitrogens with zero attached hydrogens (tertiary/aromatic N) is 2. The van der Waals surface area contributed by atoms with Gasteiger partial charge in [0, 0.05) is 11.9 Å². The molecule has 2 aromatic rings. The third-order valence-electron chi connectivity index (χ3n) is 2.61. The molecule has 5 nitrogen and oxygen atoms in total. The van der Waals surface area contributed by atoms with Gasteiger partial charge < -0.3 is 10.1 Å². The van der Waals surface area contributed by atoms with Gasteiger partial charge in [0.05, 0.1) is 0 Å². The number of hydrogen-bond acceptors (Lipinski definition) is 3. The summed E-state index contributed by atoms with van der Waals surface area (Å²) in [5.41, 5.74) is -0.985. The van der Waals surface area contributed by atoms with Gasteiger partial charge in [0.2, 0.25) is 5.91 Å². The average molecular weight is 353 g/mol. The van der Waals surface area contributed by atoms with Crippen LogP contribution in [0.5, 0.6) is 5.75 Å². The van der Waals surface area contributed by atoms with Gasteiger partial charge in [-0.25, -0.2) is 0 Å². The molecule has 130 valence electrons. The van der Waals surface area contributed by atoms with Gasteiger partial charge in [-0.15, -0.1) is 13.2 Å². The molecule has 1 aromatic carbocycles. The lowest BCUT2D eigenvalue weighted by Gasteiger charge is -2.10. The van der Waals surface area contributed by atoms with Crippen LogP contribution in [0.2, 0.25) is 0 Å². The fourth-order valence-corrected chi connectivity index (χ4v) is 1.69. The van der Waals surface area contributed by atoms with E-state index in [-0.39, 0.29) is 5.69 Å². The third-order valence-corrected chi connectivity index (χ3v) is 2.61. The van der Waals surface area contributed by atoms with Gasteiger partial charge in [-0.1, -0.05) is 0 Å². The van der Waals surface area contributed by atoms with Crippen LogP contribution >= 0.6 is 0 Å². The fourth-order valence-electron chi connectivity index (χ4n) is 1.69. The van der Waals surface area contributed by atoms with Crippen LogP contribution in [0.15, 0.2) is 36.5 Å². The molecule has 0 saturated carbocycles. The molecule has 0 aliphatic rings. The van der Waals surface area contributed by atoms with Crippen molar-refractivity contribution < 1.29 is 35.9 Å². The van der Waals surface area contributed by atoms with Crippen molar-refractivity contribution in [2.24, 2.45) is 0 Å². The number of nitrogens with one attached hydrogen (secondary N) is 1. The highest BCUT2D eigenvalue weighted by Crippen LogP contribution is 2.27. The van der Waals surface area contributed by atoms with E-state index in [2.05, 4.69) is 15.2 Å². The summed E-state index contributed by atoms with van der Waals surface area (Å²) >= 11 is 0. The summed E-state index contributed by atoms with van der Waals surface area (Å²) in [6.45, 7) is -0.489. The number of carbonyl (C=O) groups excluding carboxylic acids is 1. The molecule has 1 aromatic heterocycles. The molecule has 0 radical (unpaired) electrons. The van der Waals surface area contributed by atoms with Gasteiger partial charge in [-0.05, 0) is 30.3 Å². The Morgan fingerprint density at radius 3 is 2.21 bits per heavy atom. The molecule has 11 heteroatoms. The zero-order chi connectivity index (χ0) is 18.0. The number of rotatable bonds is 4. The maximum atomic E-state index is 12.4. The third kappa shape index (κ3) is 5.18. The predicted octanol–water partition coefficient (Wildman–Crippen LogP) is 3.44. The second-order valence-electron chi connectivity index (χ2n) is 4.52. The molecule has 0 aliphatic heterocycles. The molecule has 0 fully saturated rings. The first-order valence-corrected chi connectivity index (χ1v) is 6.29. The molecule has 0 spiro atoms. The second-order valence-corrected chi connectivity index (χ2v) is 4.52. The zero-order valence-corrected chi connectivity index (χ0v) is 11.6. The Morgan fingerprint density at radius 1 is 1.08 bits per heavy atom. The number of halogens is 6. The molecule has 1 N–H and O–H groups in total. The van der Waals surface area contributed by atoms with Crippen molar-refractivity contribution in [1.82, 2.24) is 9.78 Å². The summed E-state index contributed by atoms with van der Waals surface area (Å²) in [5, 5.41) is 5.51. The number of hydrogen-bond donors (Lipinski definition) is 1. The van der Waals surface area contributed by atoms with Gasteiger partial charge in [0.25, 0.3) is 0 Å². The Bertz CT molecular complexity index is 706. The monoisotopic (exact) mass is 353 g/mol. The van der Waals surface area contributed by atoms with E-state index in [0.29, 0.717) is 0 Å². The van der Waals surface area contributed by atoms with Gasteiger partial charge in [0.1, 0.15) is 12.3 Å². The second kappa shape index (κ2) is 6.42. The summed E-state index contributed by atoms with van der Waals surface area (Å²) < 4.78 is 77.6. The highest BCUT2D eigenvalue weighted by Gasteiger charge is 2.33. The van der Waals surface area contributed by atoms with Crippen molar-refractivity contribution in [3.63, 3.8) is 0 Å². The molecule has 0 unspecified atom stereocenters. The molecule has 1 amide bonds. The van der Waals surface area contributed by atoms with Crippen LogP contribution in [-0.4, -0.2) is 22.1 Å². The number of carbonyl (C=O) groups is 1. The van der Waals surface area contributed by atoms with E-state index in [1.807, 2.05) is 0 Å². The molecule has 0 aliphatic carbocycles.